The number of nitrogens with zero attached hydrogens (tertiary/aromatic N) is 1. The maximum absolute atomic E-state index is 12.4. The van der Waals surface area contributed by atoms with Gasteiger partial charge in [0.2, 0.25) is 0 Å². The second-order valence-corrected chi connectivity index (χ2v) is 7.78. The van der Waals surface area contributed by atoms with Gasteiger partial charge in [0.15, 0.2) is 3.85 Å². The SMILES string of the molecule is CC(C)(C)OC(=O)C(c1cccnc1)=c1sc(=C(O)O)s1. The Kier molecular flexibility index (Phi) is 4.34. The van der Waals surface area contributed by atoms with Crippen LogP contribution in [0.5, 0.6) is 0 Å². The van der Waals surface area contributed by atoms with Crippen molar-refractivity contribution in [3.8, 4) is 0 Å². The third kappa shape index (κ3) is 3.83. The first-order valence-electron chi connectivity index (χ1n) is 6.14. The third-order valence-electron chi connectivity index (χ3n) is 2.31. The Labute approximate surface area is 129 Å². The average Bonchev–Trinajstić information content (AvgIpc) is 2.31. The molecule has 112 valence electrons. The first-order valence-corrected chi connectivity index (χ1v) is 7.77. The monoisotopic (exact) mass is 325 g/mol. The molecule has 0 spiro atoms. The minimum Gasteiger partial charge on any atom is -0.479 e. The van der Waals surface area contributed by atoms with Crippen LogP contribution in [0.15, 0.2) is 24.5 Å². The normalized spacial score (nSPS) is 11.2. The number of pyridine rings is 1. The van der Waals surface area contributed by atoms with Crippen molar-refractivity contribution in [1.29, 1.82) is 0 Å². The second-order valence-electron chi connectivity index (χ2n) is 5.22. The van der Waals surface area contributed by atoms with E-state index < -0.39 is 17.5 Å². The van der Waals surface area contributed by atoms with E-state index in [1.54, 1.807) is 45.3 Å². The molecule has 0 fully saturated rings. The van der Waals surface area contributed by atoms with Gasteiger partial charge >= 0.3 is 11.9 Å². The largest absolute Gasteiger partial charge is 0.479 e. The number of aliphatic hydroxyl groups excluding tert-OH is 1. The Morgan fingerprint density at radius 2 is 1.90 bits per heavy atom. The van der Waals surface area contributed by atoms with Crippen LogP contribution in [0.3, 0.4) is 0 Å². The summed E-state index contributed by atoms with van der Waals surface area (Å²) in [5, 5.41) is 18.0. The van der Waals surface area contributed by atoms with E-state index in [1.807, 2.05) is 0 Å². The summed E-state index contributed by atoms with van der Waals surface area (Å²) in [6.45, 7) is 5.38. The fourth-order valence-electron chi connectivity index (χ4n) is 1.53. The summed E-state index contributed by atoms with van der Waals surface area (Å²) >= 11 is 2.27. The van der Waals surface area contributed by atoms with Crippen molar-refractivity contribution in [2.75, 3.05) is 0 Å². The van der Waals surface area contributed by atoms with Crippen LogP contribution in [0.4, 0.5) is 0 Å². The van der Waals surface area contributed by atoms with Crippen LogP contribution in [0.1, 0.15) is 26.3 Å². The van der Waals surface area contributed by atoms with Gasteiger partial charge in [0, 0.05) is 18.0 Å². The van der Waals surface area contributed by atoms with Gasteiger partial charge in [0.05, 0.1) is 9.42 Å². The van der Waals surface area contributed by atoms with E-state index in [9.17, 15) is 4.79 Å². The molecule has 0 saturated carbocycles. The lowest BCUT2D eigenvalue weighted by atomic mass is 10.1. The number of esters is 1. The van der Waals surface area contributed by atoms with Crippen molar-refractivity contribution in [3.63, 3.8) is 0 Å². The van der Waals surface area contributed by atoms with Crippen LogP contribution < -0.4 is 7.69 Å². The van der Waals surface area contributed by atoms with E-state index >= 15 is 0 Å². The topological polar surface area (TPSA) is 79.7 Å². The van der Waals surface area contributed by atoms with Crippen molar-refractivity contribution in [2.45, 2.75) is 26.4 Å². The number of carbonyl (C=O) groups is 1. The lowest BCUT2D eigenvalue weighted by Gasteiger charge is -2.20. The van der Waals surface area contributed by atoms with Crippen molar-refractivity contribution in [1.82, 2.24) is 4.98 Å². The summed E-state index contributed by atoms with van der Waals surface area (Å²) < 4.78 is 6.43. The molecule has 0 aliphatic heterocycles. The Morgan fingerprint density at radius 1 is 1.24 bits per heavy atom. The lowest BCUT2D eigenvalue weighted by Crippen LogP contribution is -2.28. The highest BCUT2D eigenvalue weighted by molar-refractivity contribution is 7.36. The average molecular weight is 325 g/mol. The zero-order valence-electron chi connectivity index (χ0n) is 11.8. The van der Waals surface area contributed by atoms with Gasteiger partial charge in [0.1, 0.15) is 5.60 Å². The number of aliphatic hydroxyl groups is 2. The fourth-order valence-corrected chi connectivity index (χ4v) is 3.42. The van der Waals surface area contributed by atoms with Gasteiger partial charge in [-0.05, 0) is 26.8 Å². The number of hydrogen-bond donors (Lipinski definition) is 2. The maximum atomic E-state index is 12.4. The molecule has 2 heterocycles. The molecule has 2 rings (SSSR count). The van der Waals surface area contributed by atoms with Gasteiger partial charge in [-0.2, -0.15) is 0 Å². The van der Waals surface area contributed by atoms with Crippen molar-refractivity contribution in [3.05, 3.63) is 37.8 Å². The van der Waals surface area contributed by atoms with Crippen molar-refractivity contribution in [2.24, 2.45) is 0 Å². The van der Waals surface area contributed by atoms with Crippen LogP contribution in [-0.2, 0) is 9.53 Å². The first kappa shape index (κ1) is 15.5. The maximum Gasteiger partial charge on any atom is 0.341 e. The number of ether oxygens (including phenoxy) is 1. The van der Waals surface area contributed by atoms with Crippen LogP contribution >= 0.6 is 22.7 Å². The molecule has 0 saturated heterocycles. The Balaban J connectivity index is 2.54. The van der Waals surface area contributed by atoms with E-state index in [4.69, 9.17) is 14.9 Å². The summed E-state index contributed by atoms with van der Waals surface area (Å²) in [6, 6.07) is 3.50. The van der Waals surface area contributed by atoms with Crippen molar-refractivity contribution < 1.29 is 19.7 Å². The summed E-state index contributed by atoms with van der Waals surface area (Å²) in [5.41, 5.74) is 0.415. The summed E-state index contributed by atoms with van der Waals surface area (Å²) in [7, 11) is 0. The van der Waals surface area contributed by atoms with Crippen LogP contribution in [-0.4, -0.2) is 26.8 Å². The molecule has 0 unspecified atom stereocenters. The number of hydrogen-bond acceptors (Lipinski definition) is 7. The molecule has 2 N–H and O–H groups in total. The Bertz CT molecular complexity index is 731. The van der Waals surface area contributed by atoms with Gasteiger partial charge in [-0.1, -0.05) is 6.07 Å². The van der Waals surface area contributed by atoms with Gasteiger partial charge in [0.25, 0.3) is 0 Å². The summed E-state index contributed by atoms with van der Waals surface area (Å²) in [5.74, 6) is -1.19. The molecule has 0 atom stereocenters. The minimum absolute atomic E-state index is 0.356. The van der Waals surface area contributed by atoms with E-state index in [2.05, 4.69) is 4.98 Å². The van der Waals surface area contributed by atoms with E-state index in [0.29, 0.717) is 18.8 Å². The van der Waals surface area contributed by atoms with Gasteiger partial charge < -0.3 is 14.9 Å². The van der Waals surface area contributed by atoms with E-state index in [-0.39, 0.29) is 0 Å². The van der Waals surface area contributed by atoms with Crippen LogP contribution in [0.2, 0.25) is 0 Å². The van der Waals surface area contributed by atoms with Crippen molar-refractivity contribution >= 4 is 40.2 Å². The Morgan fingerprint density at radius 3 is 2.38 bits per heavy atom. The predicted octanol–water partition coefficient (Wildman–Crippen LogP) is 1.93. The Hall–Kier alpha value is -1.86. The molecule has 0 aliphatic rings. The zero-order chi connectivity index (χ0) is 15.6. The first-order chi connectivity index (χ1) is 9.78. The molecule has 0 radical (unpaired) electrons. The smallest absolute Gasteiger partial charge is 0.341 e. The number of aromatic nitrogens is 1. The summed E-state index contributed by atoms with van der Waals surface area (Å²) in [4.78, 5) is 16.4. The van der Waals surface area contributed by atoms with Crippen LogP contribution in [0.25, 0.3) is 11.5 Å². The predicted molar refractivity (Wildman–Crippen MR) is 82.7 cm³/mol. The number of carbonyl (C=O) groups excluding carboxylic acids is 1. The molecule has 0 bridgehead atoms. The highest BCUT2D eigenvalue weighted by Gasteiger charge is 2.23. The lowest BCUT2D eigenvalue weighted by molar-refractivity contribution is -0.147. The molecule has 2 aromatic rings. The van der Waals surface area contributed by atoms with E-state index in [0.717, 1.165) is 22.7 Å². The van der Waals surface area contributed by atoms with Gasteiger partial charge in [-0.25, -0.2) is 4.79 Å². The molecule has 0 aromatic carbocycles. The van der Waals surface area contributed by atoms with Crippen LogP contribution in [0, 0.1) is 0 Å². The quantitative estimate of drug-likeness (QED) is 0.825. The second kappa shape index (κ2) is 5.87. The van der Waals surface area contributed by atoms with Gasteiger partial charge in [-0.15, -0.1) is 22.7 Å². The molecule has 5 nitrogen and oxygen atoms in total. The van der Waals surface area contributed by atoms with E-state index in [1.165, 1.54) is 0 Å². The zero-order valence-corrected chi connectivity index (χ0v) is 13.4. The molecule has 2 aromatic heterocycles. The molecular formula is C14H15NO4S2. The number of rotatable bonds is 2. The molecule has 21 heavy (non-hydrogen) atoms. The summed E-state index contributed by atoms with van der Waals surface area (Å²) in [6.07, 6.45) is 3.20. The molecule has 0 amide bonds. The molecule has 0 aliphatic carbocycles. The van der Waals surface area contributed by atoms with Gasteiger partial charge in [-0.3, -0.25) is 4.98 Å². The minimum atomic E-state index is -0.733. The molecule has 7 heteroatoms. The third-order valence-corrected chi connectivity index (χ3v) is 4.83. The standard InChI is InChI=1S/C14H15NO4S2/c1-14(2,3)19-11(18)9(8-5-4-6-15-7-8)12-20-13(21-12)10(16)17/h4-7,16-17H,1-3H3. The highest BCUT2D eigenvalue weighted by atomic mass is 32.2. The molecular weight excluding hydrogens is 310 g/mol. The highest BCUT2D eigenvalue weighted by Crippen LogP contribution is 2.18. The fraction of sp³-hybridized carbons (Fsp3) is 0.286.